The number of rotatable bonds is 0. The van der Waals surface area contributed by atoms with Crippen molar-refractivity contribution in [1.82, 2.24) is 0 Å². The van der Waals surface area contributed by atoms with E-state index in [1.165, 1.54) is 22.0 Å². The van der Waals surface area contributed by atoms with Crippen molar-refractivity contribution < 1.29 is 0 Å². The number of aliphatic imine (C=N–C) groups is 1. The van der Waals surface area contributed by atoms with Crippen molar-refractivity contribution in [2.45, 2.75) is 6.42 Å². The molecule has 2 heteroatoms. The van der Waals surface area contributed by atoms with Crippen molar-refractivity contribution in [2.75, 3.05) is 18.0 Å². The molecule has 0 amide bonds. The lowest BCUT2D eigenvalue weighted by molar-refractivity contribution is 0.920. The molecule has 0 aromatic heterocycles. The van der Waals surface area contributed by atoms with Gasteiger partial charge in [-0.3, -0.25) is 4.99 Å². The molecule has 2 aromatic carbocycles. The van der Waals surface area contributed by atoms with Crippen molar-refractivity contribution in [1.29, 1.82) is 0 Å². The summed E-state index contributed by atoms with van der Waals surface area (Å²) in [5.74, 6) is 0. The molecule has 2 aliphatic rings. The van der Waals surface area contributed by atoms with Crippen LogP contribution in [0.15, 0.2) is 35.3 Å². The molecule has 0 fully saturated rings. The van der Waals surface area contributed by atoms with Crippen molar-refractivity contribution in [3.8, 4) is 0 Å². The number of benzene rings is 2. The van der Waals surface area contributed by atoms with Gasteiger partial charge in [-0.25, -0.2) is 0 Å². The van der Waals surface area contributed by atoms with Gasteiger partial charge in [0.2, 0.25) is 0 Å². The minimum absolute atomic E-state index is 0.971. The van der Waals surface area contributed by atoms with Crippen molar-refractivity contribution >= 4 is 28.4 Å². The van der Waals surface area contributed by atoms with Crippen LogP contribution in [-0.2, 0) is 6.42 Å². The van der Waals surface area contributed by atoms with Crippen LogP contribution >= 0.6 is 0 Å². The lowest BCUT2D eigenvalue weighted by Gasteiger charge is -2.22. The predicted octanol–water partition coefficient (Wildman–Crippen LogP) is 2.92. The summed E-state index contributed by atoms with van der Waals surface area (Å²) in [7, 11) is 0. The first-order chi connectivity index (χ1) is 7.93. The molecule has 0 aliphatic carbocycles. The molecule has 4 rings (SSSR count). The monoisotopic (exact) mass is 208 g/mol. The molecule has 0 saturated carbocycles. The highest BCUT2D eigenvalue weighted by Gasteiger charge is 2.25. The standard InChI is InChI=1S/C14H12N2/c1-2-4-11-10(3-1)9-13-14-12(11)5-7-16(14)8-6-15-13/h1-4,6,9H,5,7-8H2. The van der Waals surface area contributed by atoms with E-state index in [2.05, 4.69) is 40.2 Å². The summed E-state index contributed by atoms with van der Waals surface area (Å²) in [6, 6.07) is 10.8. The summed E-state index contributed by atoms with van der Waals surface area (Å²) in [4.78, 5) is 6.96. The third kappa shape index (κ3) is 0.941. The Morgan fingerprint density at radius 3 is 3.12 bits per heavy atom. The molecule has 0 unspecified atom stereocenters. The van der Waals surface area contributed by atoms with Crippen molar-refractivity contribution in [2.24, 2.45) is 4.99 Å². The van der Waals surface area contributed by atoms with Gasteiger partial charge in [0, 0.05) is 12.8 Å². The second kappa shape index (κ2) is 2.85. The number of hydrogen-bond donors (Lipinski definition) is 0. The Morgan fingerprint density at radius 1 is 1.19 bits per heavy atom. The molecule has 2 aromatic rings. The van der Waals surface area contributed by atoms with E-state index in [0.29, 0.717) is 0 Å². The topological polar surface area (TPSA) is 15.6 Å². The van der Waals surface area contributed by atoms with Crippen LogP contribution in [0.2, 0.25) is 0 Å². The minimum atomic E-state index is 0.971. The van der Waals surface area contributed by atoms with E-state index >= 15 is 0 Å². The van der Waals surface area contributed by atoms with Crippen LogP contribution in [0.5, 0.6) is 0 Å². The van der Waals surface area contributed by atoms with E-state index in [1.807, 2.05) is 6.21 Å². The van der Waals surface area contributed by atoms with Crippen LogP contribution < -0.4 is 4.90 Å². The highest BCUT2D eigenvalue weighted by Crippen LogP contribution is 2.43. The van der Waals surface area contributed by atoms with Gasteiger partial charge >= 0.3 is 0 Å². The molecule has 78 valence electrons. The second-order valence-electron chi connectivity index (χ2n) is 4.45. The van der Waals surface area contributed by atoms with E-state index < -0.39 is 0 Å². The zero-order valence-electron chi connectivity index (χ0n) is 8.98. The summed E-state index contributed by atoms with van der Waals surface area (Å²) in [5, 5.41) is 2.72. The average molecular weight is 208 g/mol. The lowest BCUT2D eigenvalue weighted by Crippen LogP contribution is -2.24. The van der Waals surface area contributed by atoms with Crippen LogP contribution in [0.3, 0.4) is 0 Å². The van der Waals surface area contributed by atoms with E-state index in [9.17, 15) is 0 Å². The summed E-state index contributed by atoms with van der Waals surface area (Å²) in [6.45, 7) is 2.11. The lowest BCUT2D eigenvalue weighted by atomic mass is 10.0. The predicted molar refractivity (Wildman–Crippen MR) is 68.0 cm³/mol. The maximum Gasteiger partial charge on any atom is 0.0869 e. The zero-order valence-corrected chi connectivity index (χ0v) is 8.98. The first-order valence-corrected chi connectivity index (χ1v) is 5.75. The van der Waals surface area contributed by atoms with Crippen LogP contribution in [0, 0.1) is 0 Å². The van der Waals surface area contributed by atoms with Gasteiger partial charge in [-0.05, 0) is 28.8 Å². The Kier molecular flexibility index (Phi) is 1.48. The fraction of sp³-hybridized carbons (Fsp3) is 0.214. The molecule has 2 aliphatic heterocycles. The SMILES string of the molecule is C1=Nc2cc3ccccc3c3c2N(C1)CC3. The van der Waals surface area contributed by atoms with E-state index in [1.54, 1.807) is 0 Å². The molecule has 0 bridgehead atoms. The van der Waals surface area contributed by atoms with Gasteiger partial charge in [0.05, 0.1) is 17.9 Å². The Hall–Kier alpha value is -1.83. The Balaban J connectivity index is 2.18. The highest BCUT2D eigenvalue weighted by molar-refractivity contribution is 5.99. The number of anilines is 1. The second-order valence-corrected chi connectivity index (χ2v) is 4.45. The van der Waals surface area contributed by atoms with E-state index in [4.69, 9.17) is 0 Å². The molecular formula is C14H12N2. The smallest absolute Gasteiger partial charge is 0.0869 e. The van der Waals surface area contributed by atoms with E-state index in [-0.39, 0.29) is 0 Å². The molecule has 0 N–H and O–H groups in total. The van der Waals surface area contributed by atoms with Gasteiger partial charge in [-0.2, -0.15) is 0 Å². The first kappa shape index (κ1) is 8.34. The summed E-state index contributed by atoms with van der Waals surface area (Å²) in [5.41, 5.74) is 4.02. The Bertz CT molecular complexity index is 613. The maximum atomic E-state index is 4.53. The maximum absolute atomic E-state index is 4.53. The molecule has 0 radical (unpaired) electrons. The number of fused-ring (bicyclic) bond motifs is 2. The molecule has 0 saturated heterocycles. The van der Waals surface area contributed by atoms with Crippen LogP contribution in [0.1, 0.15) is 5.56 Å². The Morgan fingerprint density at radius 2 is 2.12 bits per heavy atom. The third-order valence-corrected chi connectivity index (χ3v) is 3.59. The quantitative estimate of drug-likeness (QED) is 0.650. The van der Waals surface area contributed by atoms with E-state index in [0.717, 1.165) is 25.2 Å². The van der Waals surface area contributed by atoms with Gasteiger partial charge in [0.15, 0.2) is 0 Å². The van der Waals surface area contributed by atoms with Gasteiger partial charge in [-0.1, -0.05) is 24.3 Å². The molecule has 0 atom stereocenters. The van der Waals surface area contributed by atoms with Gasteiger partial charge < -0.3 is 4.90 Å². The number of nitrogens with zero attached hydrogens (tertiary/aromatic N) is 2. The molecule has 16 heavy (non-hydrogen) atoms. The van der Waals surface area contributed by atoms with Crippen molar-refractivity contribution in [3.63, 3.8) is 0 Å². The first-order valence-electron chi connectivity index (χ1n) is 5.75. The van der Waals surface area contributed by atoms with Crippen LogP contribution in [-0.4, -0.2) is 19.3 Å². The number of hydrogen-bond acceptors (Lipinski definition) is 2. The normalized spacial score (nSPS) is 16.9. The minimum Gasteiger partial charge on any atom is -0.364 e. The largest absolute Gasteiger partial charge is 0.364 e. The van der Waals surface area contributed by atoms with Gasteiger partial charge in [0.25, 0.3) is 0 Å². The highest BCUT2D eigenvalue weighted by atomic mass is 15.2. The summed E-state index contributed by atoms with van der Waals surface area (Å²) >= 11 is 0. The van der Waals surface area contributed by atoms with Gasteiger partial charge in [-0.15, -0.1) is 0 Å². The molecular weight excluding hydrogens is 196 g/mol. The average Bonchev–Trinajstić information content (AvgIpc) is 2.76. The van der Waals surface area contributed by atoms with Crippen molar-refractivity contribution in [3.05, 3.63) is 35.9 Å². The zero-order chi connectivity index (χ0) is 10.5. The molecule has 2 heterocycles. The molecule has 0 spiro atoms. The third-order valence-electron chi connectivity index (χ3n) is 3.59. The Labute approximate surface area is 94.2 Å². The molecule has 2 nitrogen and oxygen atoms in total. The summed E-state index contributed by atoms with van der Waals surface area (Å²) < 4.78 is 0. The fourth-order valence-corrected chi connectivity index (χ4v) is 2.88. The van der Waals surface area contributed by atoms with Crippen LogP contribution in [0.25, 0.3) is 10.8 Å². The summed E-state index contributed by atoms with van der Waals surface area (Å²) in [6.07, 6.45) is 3.18. The van der Waals surface area contributed by atoms with Gasteiger partial charge in [0.1, 0.15) is 0 Å². The fourth-order valence-electron chi connectivity index (χ4n) is 2.88. The van der Waals surface area contributed by atoms with Crippen LogP contribution in [0.4, 0.5) is 11.4 Å².